The van der Waals surface area contributed by atoms with Crippen LogP contribution < -0.4 is 19.6 Å². The van der Waals surface area contributed by atoms with Crippen molar-refractivity contribution in [2.45, 2.75) is 34.3 Å². The Hall–Kier alpha value is -4.82. The molecule has 220 valence electrons. The van der Waals surface area contributed by atoms with Gasteiger partial charge in [-0.2, -0.15) is 5.10 Å². The Morgan fingerprint density at radius 3 is 2.14 bits per heavy atom. The molecule has 43 heavy (non-hydrogen) atoms. The Labute approximate surface area is 254 Å². The summed E-state index contributed by atoms with van der Waals surface area (Å²) in [6.07, 6.45) is 0. The van der Waals surface area contributed by atoms with Crippen molar-refractivity contribution in [2.75, 3.05) is 14.2 Å². The summed E-state index contributed by atoms with van der Waals surface area (Å²) in [4.78, 5) is 20.0. The van der Waals surface area contributed by atoms with E-state index in [1.165, 1.54) is 0 Å². The third kappa shape index (κ3) is 6.20. The summed E-state index contributed by atoms with van der Waals surface area (Å²) in [6.45, 7) is 8.27. The lowest BCUT2D eigenvalue weighted by Gasteiger charge is -2.13. The van der Waals surface area contributed by atoms with Crippen molar-refractivity contribution in [2.24, 2.45) is 0 Å². The first-order chi connectivity index (χ1) is 20.7. The molecule has 1 N–H and O–H groups in total. The normalized spacial score (nSPS) is 10.9. The minimum atomic E-state index is -0.0305. The lowest BCUT2D eigenvalue weighted by atomic mass is 10.1. The molecule has 6 aromatic rings. The van der Waals surface area contributed by atoms with Crippen molar-refractivity contribution in [1.29, 1.82) is 0 Å². The Morgan fingerprint density at radius 2 is 1.49 bits per heavy atom. The Kier molecular flexibility index (Phi) is 8.68. The Bertz CT molecular complexity index is 1980. The zero-order valence-electron chi connectivity index (χ0n) is 25.0. The van der Waals surface area contributed by atoms with Gasteiger partial charge >= 0.3 is 0 Å². The molecule has 0 aliphatic heterocycles. The quantitative estimate of drug-likeness (QED) is 0.201. The van der Waals surface area contributed by atoms with Crippen molar-refractivity contribution in [3.8, 4) is 23.1 Å². The number of fused-ring (bicyclic) bond motifs is 2. The molecule has 0 saturated carbocycles. The van der Waals surface area contributed by atoms with Gasteiger partial charge in [0.1, 0.15) is 34.8 Å². The third-order valence-electron chi connectivity index (χ3n) is 7.23. The predicted octanol–water partition coefficient (Wildman–Crippen LogP) is 7.43. The number of aryl methyl sites for hydroxylation is 4. The van der Waals surface area contributed by atoms with Crippen LogP contribution in [-0.2, 0) is 6.61 Å². The second kappa shape index (κ2) is 12.6. The van der Waals surface area contributed by atoms with Crippen LogP contribution >= 0.6 is 11.6 Å². The molecule has 0 aliphatic carbocycles. The van der Waals surface area contributed by atoms with E-state index in [9.17, 15) is 4.79 Å². The Balaban J connectivity index is 0.000000171. The van der Waals surface area contributed by atoms with Gasteiger partial charge in [-0.1, -0.05) is 41.9 Å². The largest absolute Gasteiger partial charge is 0.496 e. The minimum Gasteiger partial charge on any atom is -0.496 e. The fourth-order valence-corrected chi connectivity index (χ4v) is 5.24. The van der Waals surface area contributed by atoms with Gasteiger partial charge in [-0.3, -0.25) is 4.79 Å². The van der Waals surface area contributed by atoms with E-state index in [0.717, 1.165) is 61.7 Å². The van der Waals surface area contributed by atoms with E-state index in [4.69, 9.17) is 25.8 Å². The maximum Gasteiger partial charge on any atom is 0.191 e. The summed E-state index contributed by atoms with van der Waals surface area (Å²) in [5, 5.41) is 6.41. The second-order valence-electron chi connectivity index (χ2n) is 10.2. The van der Waals surface area contributed by atoms with Crippen molar-refractivity contribution < 1.29 is 14.2 Å². The molecular formula is C34H33ClN4O4. The predicted molar refractivity (Wildman–Crippen MR) is 171 cm³/mol. The minimum absolute atomic E-state index is 0.0305. The molecule has 3 aromatic heterocycles. The molecule has 0 atom stereocenters. The van der Waals surface area contributed by atoms with Crippen LogP contribution in [0.2, 0.25) is 5.15 Å². The van der Waals surface area contributed by atoms with Crippen LogP contribution in [0.5, 0.6) is 17.2 Å². The topological polar surface area (TPSA) is 91.3 Å². The highest BCUT2D eigenvalue weighted by atomic mass is 35.5. The van der Waals surface area contributed by atoms with Gasteiger partial charge in [0, 0.05) is 39.7 Å². The fourth-order valence-electron chi connectivity index (χ4n) is 5.06. The molecule has 3 heterocycles. The number of nitrogens with zero attached hydrogens (tertiary/aromatic N) is 3. The standard InChI is InChI=1S/C18H16ClNO2.C16H17N3O2/c1-12-15(21-2)9-8-14-16(10-17(19)20-18(12)14)22-11-13-6-4-3-5-7-13;1-9-7-10(2)19(18-9)15-8-13(20)12-5-6-14(21-4)11(3)16(12)17-15/h3-10H,11H2,1-2H3;5-8H,1-4H3,(H,17,20). The highest BCUT2D eigenvalue weighted by Crippen LogP contribution is 2.34. The molecule has 0 unspecified atom stereocenters. The van der Waals surface area contributed by atoms with E-state index in [1.54, 1.807) is 37.1 Å². The smallest absolute Gasteiger partial charge is 0.191 e. The molecule has 0 fully saturated rings. The molecule has 9 heteroatoms. The van der Waals surface area contributed by atoms with Crippen LogP contribution in [0.4, 0.5) is 0 Å². The lowest BCUT2D eigenvalue weighted by Crippen LogP contribution is -2.10. The number of benzene rings is 3. The zero-order chi connectivity index (χ0) is 30.7. The number of aromatic nitrogens is 4. The number of aromatic amines is 1. The fraction of sp³-hybridized carbons (Fsp3) is 0.206. The number of pyridine rings is 2. The van der Waals surface area contributed by atoms with Crippen molar-refractivity contribution >= 4 is 33.4 Å². The van der Waals surface area contributed by atoms with Crippen molar-refractivity contribution in [3.05, 3.63) is 116 Å². The average molecular weight is 597 g/mol. The van der Waals surface area contributed by atoms with E-state index >= 15 is 0 Å². The second-order valence-corrected chi connectivity index (χ2v) is 10.6. The van der Waals surface area contributed by atoms with Crippen LogP contribution in [0.3, 0.4) is 0 Å². The summed E-state index contributed by atoms with van der Waals surface area (Å²) >= 11 is 6.14. The number of halogens is 1. The third-order valence-corrected chi connectivity index (χ3v) is 7.43. The van der Waals surface area contributed by atoms with Gasteiger partial charge in [0.2, 0.25) is 0 Å². The zero-order valence-corrected chi connectivity index (χ0v) is 25.7. The van der Waals surface area contributed by atoms with E-state index < -0.39 is 0 Å². The number of nitrogens with one attached hydrogen (secondary N) is 1. The maximum absolute atomic E-state index is 12.3. The molecular weight excluding hydrogens is 564 g/mol. The molecule has 0 amide bonds. The molecule has 6 rings (SSSR count). The van der Waals surface area contributed by atoms with Crippen LogP contribution in [0.15, 0.2) is 77.6 Å². The SMILES string of the molecule is COc1ccc2c(=O)cc(-n3nc(C)cc3C)[nH]c2c1C.COc1ccc2c(OCc3ccccc3)cc(Cl)nc2c1C. The summed E-state index contributed by atoms with van der Waals surface area (Å²) < 4.78 is 18.4. The van der Waals surface area contributed by atoms with E-state index in [1.807, 2.05) is 82.3 Å². The van der Waals surface area contributed by atoms with Gasteiger partial charge in [0.05, 0.1) is 30.9 Å². The van der Waals surface area contributed by atoms with Gasteiger partial charge < -0.3 is 19.2 Å². The van der Waals surface area contributed by atoms with Crippen LogP contribution in [0.1, 0.15) is 28.1 Å². The molecule has 0 saturated heterocycles. The van der Waals surface area contributed by atoms with Crippen LogP contribution in [0, 0.1) is 27.7 Å². The molecule has 8 nitrogen and oxygen atoms in total. The molecule has 0 aliphatic rings. The monoisotopic (exact) mass is 596 g/mol. The number of hydrogen-bond donors (Lipinski definition) is 1. The molecule has 0 spiro atoms. The van der Waals surface area contributed by atoms with E-state index in [0.29, 0.717) is 23.0 Å². The van der Waals surface area contributed by atoms with E-state index in [-0.39, 0.29) is 5.43 Å². The number of rotatable bonds is 6. The maximum atomic E-state index is 12.3. The molecule has 0 radical (unpaired) electrons. The summed E-state index contributed by atoms with van der Waals surface area (Å²) in [5.41, 5.74) is 6.41. The van der Waals surface area contributed by atoms with Gasteiger partial charge in [0.15, 0.2) is 5.43 Å². The van der Waals surface area contributed by atoms with Gasteiger partial charge in [-0.15, -0.1) is 0 Å². The highest BCUT2D eigenvalue weighted by Gasteiger charge is 2.13. The van der Waals surface area contributed by atoms with Crippen LogP contribution in [0.25, 0.3) is 27.6 Å². The summed E-state index contributed by atoms with van der Waals surface area (Å²) in [5.74, 6) is 2.93. The average Bonchev–Trinajstić information content (AvgIpc) is 3.35. The van der Waals surface area contributed by atoms with Gasteiger partial charge in [-0.05, 0) is 63.6 Å². The number of H-pyrrole nitrogens is 1. The van der Waals surface area contributed by atoms with Crippen molar-refractivity contribution in [1.82, 2.24) is 19.7 Å². The number of ether oxygens (including phenoxy) is 3. The van der Waals surface area contributed by atoms with E-state index in [2.05, 4.69) is 15.1 Å². The highest BCUT2D eigenvalue weighted by molar-refractivity contribution is 6.30. The van der Waals surface area contributed by atoms with Crippen molar-refractivity contribution in [3.63, 3.8) is 0 Å². The van der Waals surface area contributed by atoms with Crippen LogP contribution in [-0.4, -0.2) is 34.0 Å². The summed E-state index contributed by atoms with van der Waals surface area (Å²) in [7, 11) is 3.27. The first kappa shape index (κ1) is 29.7. The first-order valence-electron chi connectivity index (χ1n) is 13.7. The molecule has 3 aromatic carbocycles. The van der Waals surface area contributed by atoms with Gasteiger partial charge in [-0.25, -0.2) is 9.67 Å². The lowest BCUT2D eigenvalue weighted by molar-refractivity contribution is 0.310. The van der Waals surface area contributed by atoms with Gasteiger partial charge in [0.25, 0.3) is 0 Å². The number of methoxy groups -OCH3 is 2. The first-order valence-corrected chi connectivity index (χ1v) is 14.1. The molecule has 0 bridgehead atoms. The number of hydrogen-bond acceptors (Lipinski definition) is 6. The Morgan fingerprint density at radius 1 is 0.814 bits per heavy atom. The summed E-state index contributed by atoms with van der Waals surface area (Å²) in [6, 6.07) is 22.8.